The van der Waals surface area contributed by atoms with Crippen LogP contribution in [0.4, 0.5) is 0 Å². The minimum atomic E-state index is -2.95. The van der Waals surface area contributed by atoms with Crippen LogP contribution in [0.25, 0.3) is 0 Å². The molecule has 0 aliphatic heterocycles. The fourth-order valence-electron chi connectivity index (χ4n) is 0.270. The van der Waals surface area contributed by atoms with Crippen LogP contribution in [0.3, 0.4) is 0 Å². The van der Waals surface area contributed by atoms with Crippen molar-refractivity contribution in [3.8, 4) is 0 Å². The van der Waals surface area contributed by atoms with Crippen LogP contribution in [0.15, 0.2) is 0 Å². The van der Waals surface area contributed by atoms with Crippen LogP contribution in [0, 0.1) is 0 Å². The van der Waals surface area contributed by atoms with Gasteiger partial charge in [-0.1, -0.05) is 0 Å². The first-order valence-electron chi connectivity index (χ1n) is 2.20. The molecule has 0 saturated carbocycles. The molecular weight excluding hydrogens is 193 g/mol. The average Bonchev–Trinajstić information content (AvgIpc) is 1.87. The van der Waals surface area contributed by atoms with Crippen molar-refractivity contribution in [2.75, 3.05) is 0 Å². The summed E-state index contributed by atoms with van der Waals surface area (Å²) in [6.07, 6.45) is 0. The van der Waals surface area contributed by atoms with Gasteiger partial charge in [-0.2, -0.15) is 0 Å². The predicted molar refractivity (Wildman–Crippen MR) is 45.0 cm³/mol. The van der Waals surface area contributed by atoms with E-state index in [0.29, 0.717) is 23.1 Å². The highest BCUT2D eigenvalue weighted by atomic mass is 33.1. The number of nitrogens with one attached hydrogen (secondary N) is 1. The van der Waals surface area contributed by atoms with E-state index in [1.165, 1.54) is 6.92 Å². The van der Waals surface area contributed by atoms with Crippen molar-refractivity contribution in [1.82, 2.24) is 5.09 Å². The van der Waals surface area contributed by atoms with E-state index in [9.17, 15) is 9.36 Å². The van der Waals surface area contributed by atoms with Gasteiger partial charge in [0, 0.05) is 30.1 Å². The summed E-state index contributed by atoms with van der Waals surface area (Å²) in [6.45, 7) is 1.25. The molecule has 0 rings (SSSR count). The summed E-state index contributed by atoms with van der Waals surface area (Å²) in [6, 6.07) is 0. The Kier molecular flexibility index (Phi) is 4.39. The summed E-state index contributed by atoms with van der Waals surface area (Å²) < 4.78 is 11.1. The van der Waals surface area contributed by atoms with E-state index in [0.717, 1.165) is 0 Å². The molecule has 0 radical (unpaired) electrons. The van der Waals surface area contributed by atoms with Gasteiger partial charge in [-0.15, -0.1) is 0 Å². The Balaban J connectivity index is 4.07. The highest BCUT2D eigenvalue weighted by Crippen LogP contribution is 2.60. The Labute approximate surface area is 66.9 Å². The second-order valence-corrected chi connectivity index (χ2v) is 8.06. The van der Waals surface area contributed by atoms with E-state index >= 15 is 0 Å². The topological polar surface area (TPSA) is 98.2 Å². The Morgan fingerprint density at radius 2 is 1.90 bits per heavy atom. The first kappa shape index (κ1) is 10.3. The number of carbonyl (C=O) groups is 1. The summed E-state index contributed by atoms with van der Waals surface area (Å²) in [5, 5.41) is 12.2. The minimum Gasteiger partial charge on any atom is -0.289 e. The maximum Gasteiger partial charge on any atom is 0.308 e. The summed E-state index contributed by atoms with van der Waals surface area (Å²) in [5.74, 6) is -0.403. The van der Waals surface area contributed by atoms with Gasteiger partial charge in [-0.25, -0.2) is 0 Å². The Hall–Kier alpha value is 0.320. The van der Waals surface area contributed by atoms with Gasteiger partial charge in [0.2, 0.25) is 5.91 Å². The lowest BCUT2D eigenvalue weighted by atomic mass is 10.8. The van der Waals surface area contributed by atoms with Gasteiger partial charge >= 0.3 is 5.70 Å². The number of amides is 1. The molecule has 0 aliphatic rings. The molecule has 5 N–H and O–H groups in total. The molecule has 0 aromatic carbocycles. The molecule has 10 heavy (non-hydrogen) atoms. The zero-order valence-electron chi connectivity index (χ0n) is 5.23. The van der Waals surface area contributed by atoms with Gasteiger partial charge in [0.25, 0.3) is 0 Å². The first-order valence-corrected chi connectivity index (χ1v) is 6.87. The van der Waals surface area contributed by atoms with Gasteiger partial charge in [0.1, 0.15) is 0 Å². The van der Waals surface area contributed by atoms with Crippen molar-refractivity contribution in [2.24, 2.45) is 10.3 Å². The normalized spacial score (nSPS) is 11.1. The fourth-order valence-corrected chi connectivity index (χ4v) is 2.49. The van der Waals surface area contributed by atoms with Crippen molar-refractivity contribution in [3.63, 3.8) is 0 Å². The third kappa shape index (κ3) is 3.48. The van der Waals surface area contributed by atoms with Crippen molar-refractivity contribution in [1.29, 1.82) is 0 Å². The van der Waals surface area contributed by atoms with E-state index in [4.69, 9.17) is 10.3 Å². The van der Waals surface area contributed by atoms with Gasteiger partial charge < -0.3 is 0 Å². The van der Waals surface area contributed by atoms with Crippen molar-refractivity contribution in [2.45, 2.75) is 6.92 Å². The van der Waals surface area contributed by atoms with Crippen LogP contribution in [0.5, 0.6) is 0 Å². The van der Waals surface area contributed by atoms with Crippen molar-refractivity contribution in [3.05, 3.63) is 0 Å². The van der Waals surface area contributed by atoms with E-state index in [1.807, 2.05) is 0 Å². The molecule has 0 fully saturated rings. The van der Waals surface area contributed by atoms with E-state index < -0.39 is 11.6 Å². The van der Waals surface area contributed by atoms with Gasteiger partial charge in [-0.05, 0) is 0 Å². The molecule has 5 nitrogen and oxygen atoms in total. The lowest BCUT2D eigenvalue weighted by molar-refractivity contribution is -0.117. The lowest BCUT2D eigenvalue weighted by Gasteiger charge is -2.10. The quantitative estimate of drug-likeness (QED) is 0.453. The Morgan fingerprint density at radius 1 is 1.50 bits per heavy atom. The minimum absolute atomic E-state index is 0.403. The van der Waals surface area contributed by atoms with Crippen molar-refractivity contribution < 1.29 is 9.36 Å². The zero-order chi connectivity index (χ0) is 8.20. The molecule has 60 valence electrons. The molecule has 0 bridgehead atoms. The molecule has 1 amide bonds. The SMILES string of the molecule is CC(=O)NP(=O)(SN)SN. The largest absolute Gasteiger partial charge is 0.308 e. The predicted octanol–water partition coefficient (Wildman–Crippen LogP) is 0.444. The number of carbonyl (C=O) groups excluding carboxylic acids is 1. The van der Waals surface area contributed by atoms with Gasteiger partial charge in [0.15, 0.2) is 0 Å². The maximum atomic E-state index is 11.1. The third-order valence-corrected chi connectivity index (χ3v) is 5.48. The monoisotopic (exact) mass is 201 g/mol. The average molecular weight is 201 g/mol. The summed E-state index contributed by atoms with van der Waals surface area (Å²) >= 11 is 1.12. The summed E-state index contributed by atoms with van der Waals surface area (Å²) in [5.41, 5.74) is -2.95. The Bertz CT molecular complexity index is 166. The second-order valence-electron chi connectivity index (χ2n) is 1.38. The second kappa shape index (κ2) is 4.25. The van der Waals surface area contributed by atoms with Crippen LogP contribution in [0.2, 0.25) is 0 Å². The molecule has 0 atom stereocenters. The van der Waals surface area contributed by atoms with E-state index in [2.05, 4.69) is 5.09 Å². The van der Waals surface area contributed by atoms with Gasteiger partial charge in [-0.3, -0.25) is 24.7 Å². The maximum absolute atomic E-state index is 11.1. The van der Waals surface area contributed by atoms with Gasteiger partial charge in [0.05, 0.1) is 0 Å². The molecule has 0 spiro atoms. The standard InChI is InChI=1S/C2H8N3O2PS2/c1-2(6)5-8(7,9-3)10-4/h3-4H2,1H3,(H,5,6,7). The number of hydrogen-bond acceptors (Lipinski definition) is 6. The summed E-state index contributed by atoms with van der Waals surface area (Å²) in [4.78, 5) is 10.4. The van der Waals surface area contributed by atoms with Crippen LogP contribution < -0.4 is 15.4 Å². The van der Waals surface area contributed by atoms with Crippen molar-refractivity contribution >= 4 is 34.7 Å². The zero-order valence-corrected chi connectivity index (χ0v) is 7.76. The molecule has 0 aromatic rings. The first-order chi connectivity index (χ1) is 4.54. The fraction of sp³-hybridized carbons (Fsp3) is 0.500. The van der Waals surface area contributed by atoms with Crippen LogP contribution >= 0.6 is 28.8 Å². The molecular formula is C2H8N3O2PS2. The van der Waals surface area contributed by atoms with E-state index in [1.54, 1.807) is 0 Å². The molecule has 0 saturated heterocycles. The number of rotatable bonds is 3. The number of hydrogen-bond donors (Lipinski definition) is 3. The number of nitrogens with two attached hydrogens (primary N) is 2. The Morgan fingerprint density at radius 3 is 2.00 bits per heavy atom. The highest BCUT2D eigenvalue weighted by Gasteiger charge is 2.21. The third-order valence-electron chi connectivity index (χ3n) is 0.572. The molecule has 8 heteroatoms. The molecule has 0 unspecified atom stereocenters. The van der Waals surface area contributed by atoms with Crippen LogP contribution in [-0.4, -0.2) is 5.91 Å². The smallest absolute Gasteiger partial charge is 0.289 e. The van der Waals surface area contributed by atoms with Crippen LogP contribution in [-0.2, 0) is 9.36 Å². The molecule has 0 aromatic heterocycles. The lowest BCUT2D eigenvalue weighted by Crippen LogP contribution is -2.14. The summed E-state index contributed by atoms with van der Waals surface area (Å²) in [7, 11) is 0. The molecule has 0 heterocycles. The molecule has 0 aliphatic carbocycles. The highest BCUT2D eigenvalue weighted by molar-refractivity contribution is 8.89. The van der Waals surface area contributed by atoms with E-state index in [-0.39, 0.29) is 0 Å². The van der Waals surface area contributed by atoms with Crippen LogP contribution in [0.1, 0.15) is 6.92 Å².